The molecule has 3 nitrogen and oxygen atoms in total. The van der Waals surface area contributed by atoms with Gasteiger partial charge in [0.2, 0.25) is 0 Å². The third-order valence-electron chi connectivity index (χ3n) is 2.47. The molecule has 0 fully saturated rings. The Hall–Kier alpha value is -1.13. The van der Waals surface area contributed by atoms with Crippen LogP contribution in [0, 0.1) is 0 Å². The number of hydrogen-bond acceptors (Lipinski definition) is 3. The van der Waals surface area contributed by atoms with Gasteiger partial charge in [0.05, 0.1) is 4.90 Å². The van der Waals surface area contributed by atoms with Gasteiger partial charge >= 0.3 is 0 Å². The SMILES string of the molecule is CC=C(C)c1ccc(C(=O)Cl)cc1S(C)(=O)=O. The number of allylic oxidation sites excluding steroid dienone is 2. The van der Waals surface area contributed by atoms with Gasteiger partial charge in [-0.15, -0.1) is 0 Å². The van der Waals surface area contributed by atoms with Crippen LogP contribution in [-0.2, 0) is 9.84 Å². The Morgan fingerprint density at radius 1 is 1.35 bits per heavy atom. The van der Waals surface area contributed by atoms with Crippen LogP contribution in [0.3, 0.4) is 0 Å². The first-order valence-electron chi connectivity index (χ1n) is 4.94. The van der Waals surface area contributed by atoms with E-state index in [9.17, 15) is 13.2 Å². The minimum atomic E-state index is -3.40. The second-order valence-electron chi connectivity index (χ2n) is 3.73. The summed E-state index contributed by atoms with van der Waals surface area (Å²) in [5.74, 6) is 0. The largest absolute Gasteiger partial charge is 0.276 e. The average Bonchev–Trinajstić information content (AvgIpc) is 2.26. The Kier molecular flexibility index (Phi) is 4.11. The van der Waals surface area contributed by atoms with E-state index in [1.807, 2.05) is 19.9 Å². The summed E-state index contributed by atoms with van der Waals surface area (Å²) in [7, 11) is -3.40. The summed E-state index contributed by atoms with van der Waals surface area (Å²) in [4.78, 5) is 11.2. The van der Waals surface area contributed by atoms with Gasteiger partial charge in [-0.25, -0.2) is 8.42 Å². The van der Waals surface area contributed by atoms with Crippen LogP contribution in [0.15, 0.2) is 29.2 Å². The number of rotatable bonds is 3. The van der Waals surface area contributed by atoms with Gasteiger partial charge in [-0.2, -0.15) is 0 Å². The van der Waals surface area contributed by atoms with Gasteiger partial charge in [-0.3, -0.25) is 4.79 Å². The molecule has 0 saturated heterocycles. The lowest BCUT2D eigenvalue weighted by Gasteiger charge is -2.09. The van der Waals surface area contributed by atoms with Crippen molar-refractivity contribution in [3.63, 3.8) is 0 Å². The maximum Gasteiger partial charge on any atom is 0.252 e. The fourth-order valence-corrected chi connectivity index (χ4v) is 2.52. The van der Waals surface area contributed by atoms with E-state index in [0.717, 1.165) is 11.8 Å². The highest BCUT2D eigenvalue weighted by Gasteiger charge is 2.16. The molecular formula is C12H13ClO3S. The zero-order valence-corrected chi connectivity index (χ0v) is 11.4. The van der Waals surface area contributed by atoms with Gasteiger partial charge in [-0.05, 0) is 48.7 Å². The predicted molar refractivity (Wildman–Crippen MR) is 69.1 cm³/mol. The molecule has 17 heavy (non-hydrogen) atoms. The Labute approximate surface area is 106 Å². The van der Waals surface area contributed by atoms with Crippen molar-refractivity contribution < 1.29 is 13.2 Å². The topological polar surface area (TPSA) is 51.2 Å². The highest BCUT2D eigenvalue weighted by molar-refractivity contribution is 7.90. The second-order valence-corrected chi connectivity index (χ2v) is 6.06. The molecule has 0 aliphatic carbocycles. The molecule has 0 unspecified atom stereocenters. The molecule has 0 N–H and O–H groups in total. The monoisotopic (exact) mass is 272 g/mol. The van der Waals surface area contributed by atoms with Crippen LogP contribution in [0.1, 0.15) is 29.8 Å². The maximum atomic E-state index is 11.7. The molecule has 0 aliphatic heterocycles. The molecule has 1 rings (SSSR count). The lowest BCUT2D eigenvalue weighted by molar-refractivity contribution is 0.108. The Morgan fingerprint density at radius 2 is 1.94 bits per heavy atom. The Morgan fingerprint density at radius 3 is 2.35 bits per heavy atom. The molecule has 0 bridgehead atoms. The van der Waals surface area contributed by atoms with E-state index in [4.69, 9.17) is 11.6 Å². The summed E-state index contributed by atoms with van der Waals surface area (Å²) in [6.45, 7) is 3.63. The van der Waals surface area contributed by atoms with E-state index in [-0.39, 0.29) is 10.5 Å². The van der Waals surface area contributed by atoms with E-state index in [0.29, 0.717) is 5.56 Å². The maximum absolute atomic E-state index is 11.7. The summed E-state index contributed by atoms with van der Waals surface area (Å²) in [5.41, 5.74) is 1.61. The van der Waals surface area contributed by atoms with E-state index in [1.54, 1.807) is 6.07 Å². The fourth-order valence-electron chi connectivity index (χ4n) is 1.43. The molecule has 1 aromatic rings. The fraction of sp³-hybridized carbons (Fsp3) is 0.250. The Bertz CT molecular complexity index is 586. The van der Waals surface area contributed by atoms with Gasteiger partial charge in [-0.1, -0.05) is 12.1 Å². The first-order valence-corrected chi connectivity index (χ1v) is 7.21. The van der Waals surface area contributed by atoms with E-state index < -0.39 is 15.1 Å². The van der Waals surface area contributed by atoms with Crippen LogP contribution in [0.2, 0.25) is 0 Å². The van der Waals surface area contributed by atoms with E-state index in [2.05, 4.69) is 0 Å². The minimum absolute atomic E-state index is 0.125. The van der Waals surface area contributed by atoms with Gasteiger partial charge < -0.3 is 0 Å². The number of benzene rings is 1. The van der Waals surface area contributed by atoms with Crippen LogP contribution in [-0.4, -0.2) is 19.9 Å². The molecule has 0 amide bonds. The zero-order chi connectivity index (χ0) is 13.2. The highest BCUT2D eigenvalue weighted by atomic mass is 35.5. The molecule has 92 valence electrons. The van der Waals surface area contributed by atoms with Gasteiger partial charge in [0.1, 0.15) is 0 Å². The molecule has 5 heteroatoms. The van der Waals surface area contributed by atoms with Crippen molar-refractivity contribution >= 4 is 32.3 Å². The lowest BCUT2D eigenvalue weighted by Crippen LogP contribution is -2.03. The number of halogens is 1. The van der Waals surface area contributed by atoms with Crippen molar-refractivity contribution in [1.82, 2.24) is 0 Å². The second kappa shape index (κ2) is 5.02. The molecule has 0 aliphatic rings. The van der Waals surface area contributed by atoms with Crippen LogP contribution >= 0.6 is 11.6 Å². The molecule has 0 heterocycles. The van der Waals surface area contributed by atoms with Crippen LogP contribution in [0.4, 0.5) is 0 Å². The molecule has 0 spiro atoms. The molecule has 0 saturated carbocycles. The third kappa shape index (κ3) is 3.17. The average molecular weight is 273 g/mol. The summed E-state index contributed by atoms with van der Waals surface area (Å²) >= 11 is 5.34. The summed E-state index contributed by atoms with van der Waals surface area (Å²) < 4.78 is 23.3. The number of carbonyl (C=O) groups is 1. The third-order valence-corrected chi connectivity index (χ3v) is 3.82. The molecule has 1 aromatic carbocycles. The first-order chi connectivity index (χ1) is 7.77. The Balaban J connectivity index is 3.60. The number of sulfone groups is 1. The van der Waals surface area contributed by atoms with Crippen molar-refractivity contribution in [2.45, 2.75) is 18.7 Å². The molecule has 0 aromatic heterocycles. The lowest BCUT2D eigenvalue weighted by atomic mass is 10.1. The first kappa shape index (κ1) is 13.9. The quantitative estimate of drug-likeness (QED) is 0.795. The van der Waals surface area contributed by atoms with Crippen molar-refractivity contribution in [1.29, 1.82) is 0 Å². The van der Waals surface area contributed by atoms with Gasteiger partial charge in [0.25, 0.3) is 5.24 Å². The van der Waals surface area contributed by atoms with E-state index >= 15 is 0 Å². The normalized spacial score (nSPS) is 12.6. The smallest absolute Gasteiger partial charge is 0.252 e. The van der Waals surface area contributed by atoms with E-state index in [1.165, 1.54) is 12.1 Å². The number of carbonyl (C=O) groups excluding carboxylic acids is 1. The minimum Gasteiger partial charge on any atom is -0.276 e. The standard InChI is InChI=1S/C12H13ClO3S/c1-4-8(2)10-6-5-9(12(13)14)7-11(10)17(3,15)16/h4-7H,1-3H3. The molecular weight excluding hydrogens is 260 g/mol. The van der Waals surface area contributed by atoms with Crippen LogP contribution in [0.5, 0.6) is 0 Å². The molecule has 0 radical (unpaired) electrons. The van der Waals surface area contributed by atoms with Crippen LogP contribution < -0.4 is 0 Å². The van der Waals surface area contributed by atoms with Crippen molar-refractivity contribution in [3.8, 4) is 0 Å². The predicted octanol–water partition coefficient (Wildman–Crippen LogP) is 2.89. The summed E-state index contributed by atoms with van der Waals surface area (Å²) in [5, 5.41) is -0.667. The van der Waals surface area contributed by atoms with Crippen LogP contribution in [0.25, 0.3) is 5.57 Å². The van der Waals surface area contributed by atoms with Crippen molar-refractivity contribution in [3.05, 3.63) is 35.4 Å². The highest BCUT2D eigenvalue weighted by Crippen LogP contribution is 2.25. The number of hydrogen-bond donors (Lipinski definition) is 0. The summed E-state index contributed by atoms with van der Waals surface area (Å²) in [6.07, 6.45) is 2.92. The van der Waals surface area contributed by atoms with Gasteiger partial charge in [0.15, 0.2) is 9.84 Å². The van der Waals surface area contributed by atoms with Crippen molar-refractivity contribution in [2.75, 3.05) is 6.26 Å². The van der Waals surface area contributed by atoms with Crippen molar-refractivity contribution in [2.24, 2.45) is 0 Å². The summed E-state index contributed by atoms with van der Waals surface area (Å²) in [6, 6.07) is 4.43. The molecule has 0 atom stereocenters. The zero-order valence-electron chi connectivity index (χ0n) is 9.82. The van der Waals surface area contributed by atoms with Gasteiger partial charge in [0, 0.05) is 11.8 Å².